The zero-order chi connectivity index (χ0) is 23.8. The molecule has 3 aromatic carbocycles. The second-order valence-corrected chi connectivity index (χ2v) is 9.12. The van der Waals surface area contributed by atoms with Gasteiger partial charge in [-0.05, 0) is 29.8 Å². The van der Waals surface area contributed by atoms with Crippen molar-refractivity contribution >= 4 is 39.8 Å². The Morgan fingerprint density at radius 2 is 1.79 bits per heavy atom. The molecule has 1 aromatic heterocycles. The summed E-state index contributed by atoms with van der Waals surface area (Å²) in [6, 6.07) is 25.3. The highest BCUT2D eigenvalue weighted by molar-refractivity contribution is 9.10. The van der Waals surface area contributed by atoms with E-state index in [1.54, 1.807) is 6.21 Å². The summed E-state index contributed by atoms with van der Waals surface area (Å²) >= 11 is 4.73. The molecule has 4 rings (SSSR count). The number of nitrogens with one attached hydrogen (secondary N) is 1. The third-order valence-corrected chi connectivity index (χ3v) is 6.37. The van der Waals surface area contributed by atoms with Crippen LogP contribution in [0, 0.1) is 0 Å². The molecular formula is C25H22BrN5O2S. The summed E-state index contributed by atoms with van der Waals surface area (Å²) in [5, 5.41) is 13.2. The van der Waals surface area contributed by atoms with Crippen LogP contribution in [0.4, 0.5) is 0 Å². The number of ether oxygens (including phenoxy) is 1. The van der Waals surface area contributed by atoms with Crippen LogP contribution in [0.1, 0.15) is 11.1 Å². The van der Waals surface area contributed by atoms with E-state index in [0.717, 1.165) is 27.0 Å². The molecule has 1 heterocycles. The fourth-order valence-electron chi connectivity index (χ4n) is 3.08. The molecule has 172 valence electrons. The van der Waals surface area contributed by atoms with Crippen molar-refractivity contribution in [3.05, 3.63) is 94.5 Å². The minimum atomic E-state index is -0.239. The topological polar surface area (TPSA) is 81.4 Å². The Labute approximate surface area is 210 Å². The van der Waals surface area contributed by atoms with Gasteiger partial charge in [-0.25, -0.2) is 5.43 Å². The highest BCUT2D eigenvalue weighted by Crippen LogP contribution is 2.24. The number of rotatable bonds is 9. The zero-order valence-electron chi connectivity index (χ0n) is 18.4. The van der Waals surface area contributed by atoms with Crippen LogP contribution < -0.4 is 10.2 Å². The fourth-order valence-corrected chi connectivity index (χ4v) is 4.05. The maximum absolute atomic E-state index is 12.3. The first-order chi connectivity index (χ1) is 16.6. The Morgan fingerprint density at radius 1 is 1.06 bits per heavy atom. The van der Waals surface area contributed by atoms with Crippen LogP contribution in [0.3, 0.4) is 0 Å². The molecule has 9 heteroatoms. The van der Waals surface area contributed by atoms with Gasteiger partial charge in [-0.15, -0.1) is 10.2 Å². The van der Waals surface area contributed by atoms with E-state index in [2.05, 4.69) is 36.7 Å². The Morgan fingerprint density at radius 3 is 2.59 bits per heavy atom. The molecule has 0 spiro atoms. The van der Waals surface area contributed by atoms with Gasteiger partial charge in [-0.1, -0.05) is 82.3 Å². The standard InChI is InChI=1S/C25H22BrN5O2S/c1-31-24(19-11-13-21(26)14-12-19)29-30-25(31)34-17-23(32)28-27-15-20-9-5-6-10-22(20)33-16-18-7-3-2-4-8-18/h2-15H,16-17H2,1H3,(H,28,32)/b27-15-. The molecular weight excluding hydrogens is 514 g/mol. The average Bonchev–Trinajstić information content (AvgIpc) is 3.23. The molecule has 0 bridgehead atoms. The van der Waals surface area contributed by atoms with Gasteiger partial charge in [-0.3, -0.25) is 4.79 Å². The molecule has 7 nitrogen and oxygen atoms in total. The van der Waals surface area contributed by atoms with Crippen molar-refractivity contribution in [2.45, 2.75) is 11.8 Å². The van der Waals surface area contributed by atoms with E-state index in [9.17, 15) is 4.79 Å². The van der Waals surface area contributed by atoms with Gasteiger partial charge >= 0.3 is 0 Å². The molecule has 34 heavy (non-hydrogen) atoms. The van der Waals surface area contributed by atoms with Crippen LogP contribution in [-0.4, -0.2) is 32.6 Å². The number of hydrogen-bond acceptors (Lipinski definition) is 6. The van der Waals surface area contributed by atoms with Crippen LogP contribution in [0.25, 0.3) is 11.4 Å². The number of carbonyl (C=O) groups is 1. The van der Waals surface area contributed by atoms with Crippen molar-refractivity contribution in [3.63, 3.8) is 0 Å². The van der Waals surface area contributed by atoms with E-state index in [4.69, 9.17) is 4.74 Å². The van der Waals surface area contributed by atoms with Gasteiger partial charge in [0.25, 0.3) is 5.91 Å². The predicted molar refractivity (Wildman–Crippen MR) is 138 cm³/mol. The van der Waals surface area contributed by atoms with Gasteiger partial charge < -0.3 is 9.30 Å². The highest BCUT2D eigenvalue weighted by atomic mass is 79.9. The summed E-state index contributed by atoms with van der Waals surface area (Å²) in [6.07, 6.45) is 1.58. The quantitative estimate of drug-likeness (QED) is 0.184. The van der Waals surface area contributed by atoms with Crippen molar-refractivity contribution in [2.75, 3.05) is 5.75 Å². The minimum Gasteiger partial charge on any atom is -0.488 e. The highest BCUT2D eigenvalue weighted by Gasteiger charge is 2.13. The Balaban J connectivity index is 1.30. The first-order valence-electron chi connectivity index (χ1n) is 10.5. The number of carbonyl (C=O) groups excluding carboxylic acids is 1. The number of halogens is 1. The smallest absolute Gasteiger partial charge is 0.250 e. The lowest BCUT2D eigenvalue weighted by Crippen LogP contribution is -2.20. The van der Waals surface area contributed by atoms with E-state index in [0.29, 0.717) is 17.5 Å². The Kier molecular flexibility index (Phi) is 8.11. The van der Waals surface area contributed by atoms with E-state index < -0.39 is 0 Å². The molecule has 0 saturated carbocycles. The largest absolute Gasteiger partial charge is 0.488 e. The summed E-state index contributed by atoms with van der Waals surface area (Å²) in [6.45, 7) is 0.453. The minimum absolute atomic E-state index is 0.163. The van der Waals surface area contributed by atoms with E-state index in [-0.39, 0.29) is 11.7 Å². The van der Waals surface area contributed by atoms with Gasteiger partial charge in [0.2, 0.25) is 0 Å². The second kappa shape index (κ2) is 11.6. The summed E-state index contributed by atoms with van der Waals surface area (Å²) in [5.74, 6) is 1.35. The van der Waals surface area contributed by atoms with E-state index in [1.807, 2.05) is 90.5 Å². The van der Waals surface area contributed by atoms with E-state index in [1.165, 1.54) is 11.8 Å². The first-order valence-corrected chi connectivity index (χ1v) is 12.2. The number of para-hydroxylation sites is 1. The summed E-state index contributed by atoms with van der Waals surface area (Å²) in [5.41, 5.74) is 5.36. The van der Waals surface area contributed by atoms with Crippen molar-refractivity contribution in [1.29, 1.82) is 0 Å². The molecule has 0 fully saturated rings. The zero-order valence-corrected chi connectivity index (χ0v) is 20.8. The third-order valence-electron chi connectivity index (χ3n) is 4.82. The van der Waals surface area contributed by atoms with Gasteiger partial charge in [-0.2, -0.15) is 5.10 Å². The molecule has 0 radical (unpaired) electrons. The predicted octanol–water partition coefficient (Wildman–Crippen LogP) is 5.07. The number of amides is 1. The fraction of sp³-hybridized carbons (Fsp3) is 0.120. The van der Waals surface area contributed by atoms with Crippen molar-refractivity contribution in [1.82, 2.24) is 20.2 Å². The van der Waals surface area contributed by atoms with Crippen molar-refractivity contribution in [3.8, 4) is 17.1 Å². The molecule has 0 aliphatic carbocycles. The van der Waals surface area contributed by atoms with Gasteiger partial charge in [0.1, 0.15) is 12.4 Å². The summed E-state index contributed by atoms with van der Waals surface area (Å²) in [4.78, 5) is 12.3. The number of thioether (sulfide) groups is 1. The monoisotopic (exact) mass is 535 g/mol. The second-order valence-electron chi connectivity index (χ2n) is 7.27. The molecule has 0 unspecified atom stereocenters. The SMILES string of the molecule is Cn1c(SCC(=O)N/N=C\c2ccccc2OCc2ccccc2)nnc1-c1ccc(Br)cc1. The van der Waals surface area contributed by atoms with E-state index >= 15 is 0 Å². The van der Waals surface area contributed by atoms with Crippen molar-refractivity contribution < 1.29 is 9.53 Å². The van der Waals surface area contributed by atoms with Crippen molar-refractivity contribution in [2.24, 2.45) is 12.1 Å². The van der Waals surface area contributed by atoms with Crippen LogP contribution >= 0.6 is 27.7 Å². The Hall–Kier alpha value is -3.43. The molecule has 1 amide bonds. The van der Waals surface area contributed by atoms with Gasteiger partial charge in [0.05, 0.1) is 12.0 Å². The third kappa shape index (κ3) is 6.33. The normalized spacial score (nSPS) is 11.0. The van der Waals surface area contributed by atoms with Crippen LogP contribution in [0.5, 0.6) is 5.75 Å². The average molecular weight is 536 g/mol. The molecule has 0 atom stereocenters. The Bertz CT molecular complexity index is 1280. The maximum Gasteiger partial charge on any atom is 0.250 e. The number of nitrogens with zero attached hydrogens (tertiary/aromatic N) is 4. The lowest BCUT2D eigenvalue weighted by molar-refractivity contribution is -0.118. The molecule has 4 aromatic rings. The van der Waals surface area contributed by atoms with Gasteiger partial charge in [0, 0.05) is 22.6 Å². The van der Waals surface area contributed by atoms with Crippen LogP contribution in [-0.2, 0) is 18.4 Å². The number of benzene rings is 3. The van der Waals surface area contributed by atoms with Crippen LogP contribution in [0.15, 0.2) is 93.6 Å². The molecule has 0 aliphatic rings. The number of hydrogen-bond donors (Lipinski definition) is 1. The number of aromatic nitrogens is 3. The maximum atomic E-state index is 12.3. The number of hydrazone groups is 1. The lowest BCUT2D eigenvalue weighted by atomic mass is 10.2. The summed E-state index contributed by atoms with van der Waals surface area (Å²) < 4.78 is 8.78. The molecule has 0 aliphatic heterocycles. The first kappa shape index (κ1) is 23.7. The molecule has 1 N–H and O–H groups in total. The summed E-state index contributed by atoms with van der Waals surface area (Å²) in [7, 11) is 1.88. The molecule has 0 saturated heterocycles. The van der Waals surface area contributed by atoms with Crippen LogP contribution in [0.2, 0.25) is 0 Å². The van der Waals surface area contributed by atoms with Gasteiger partial charge in [0.15, 0.2) is 11.0 Å². The lowest BCUT2D eigenvalue weighted by Gasteiger charge is -2.09.